The van der Waals surface area contributed by atoms with Gasteiger partial charge in [-0.15, -0.1) is 0 Å². The van der Waals surface area contributed by atoms with Crippen molar-refractivity contribution in [2.75, 3.05) is 27.7 Å². The van der Waals surface area contributed by atoms with Gasteiger partial charge in [-0.1, -0.05) is 56.2 Å². The van der Waals surface area contributed by atoms with Gasteiger partial charge in [-0.3, -0.25) is 9.59 Å². The standard InChI is InChI=1S/C25H41NO5/c1-5-6-7-8-9-10-11-12-13-14-15-16-17-22(27)18-19-25(30)31-23(20-24(28)29)21-26(2,3)4/h8-13,23H,5-7,14-21H2,1-4H3. The Hall–Kier alpha value is -2.21. The number of carboxylic acids is 1. The van der Waals surface area contributed by atoms with Crippen LogP contribution in [-0.4, -0.2) is 56.0 Å². The number of Topliss-reactive ketones (excluding diaryl/α,β-unsaturated/α-hetero) is 1. The summed E-state index contributed by atoms with van der Waals surface area (Å²) in [5.74, 6) is -1.76. The first kappa shape index (κ1) is 28.8. The first-order valence-electron chi connectivity index (χ1n) is 11.3. The highest BCUT2D eigenvalue weighted by atomic mass is 16.5. The van der Waals surface area contributed by atoms with Crippen LogP contribution in [0.25, 0.3) is 0 Å². The van der Waals surface area contributed by atoms with Crippen LogP contribution in [0.4, 0.5) is 0 Å². The Morgan fingerprint density at radius 3 is 2.03 bits per heavy atom. The van der Waals surface area contributed by atoms with E-state index in [-0.39, 0.29) is 25.0 Å². The molecule has 0 rings (SSSR count). The number of hydrogen-bond acceptors (Lipinski definition) is 5. The highest BCUT2D eigenvalue weighted by molar-refractivity contribution is 5.83. The van der Waals surface area contributed by atoms with Gasteiger partial charge in [0, 0.05) is 25.2 Å². The van der Waals surface area contributed by atoms with E-state index in [0.29, 0.717) is 17.4 Å². The third-order valence-electron chi connectivity index (χ3n) is 4.46. The topological polar surface area (TPSA) is 83.5 Å². The predicted molar refractivity (Wildman–Crippen MR) is 122 cm³/mol. The summed E-state index contributed by atoms with van der Waals surface area (Å²) in [5.41, 5.74) is 0. The molecule has 1 unspecified atom stereocenters. The lowest BCUT2D eigenvalue weighted by Gasteiger charge is -2.29. The van der Waals surface area contributed by atoms with Gasteiger partial charge in [0.05, 0.1) is 27.6 Å². The number of unbranched alkanes of at least 4 members (excludes halogenated alkanes) is 4. The fourth-order valence-electron chi connectivity index (χ4n) is 2.94. The molecule has 1 atom stereocenters. The number of ketones is 1. The van der Waals surface area contributed by atoms with E-state index in [9.17, 15) is 19.5 Å². The first-order chi connectivity index (χ1) is 14.6. The van der Waals surface area contributed by atoms with Gasteiger partial charge in [0.15, 0.2) is 6.10 Å². The molecule has 176 valence electrons. The molecule has 0 saturated heterocycles. The number of aliphatic carboxylic acids is 1. The van der Waals surface area contributed by atoms with Gasteiger partial charge >= 0.3 is 5.97 Å². The summed E-state index contributed by atoms with van der Waals surface area (Å²) in [6, 6.07) is 0. The summed E-state index contributed by atoms with van der Waals surface area (Å²) in [7, 11) is 5.66. The zero-order valence-electron chi connectivity index (χ0n) is 19.8. The van der Waals surface area contributed by atoms with Gasteiger partial charge in [0.2, 0.25) is 0 Å². The van der Waals surface area contributed by atoms with E-state index >= 15 is 0 Å². The lowest BCUT2D eigenvalue weighted by atomic mass is 10.1. The van der Waals surface area contributed by atoms with E-state index in [2.05, 4.69) is 25.2 Å². The lowest BCUT2D eigenvalue weighted by Crippen LogP contribution is -2.45. The number of ether oxygens (including phenoxy) is 1. The highest BCUT2D eigenvalue weighted by Crippen LogP contribution is 2.09. The van der Waals surface area contributed by atoms with Crippen LogP contribution < -0.4 is 5.11 Å². The van der Waals surface area contributed by atoms with Crippen molar-refractivity contribution in [2.45, 2.75) is 77.2 Å². The molecule has 0 fully saturated rings. The molecule has 0 aromatic rings. The van der Waals surface area contributed by atoms with E-state index in [1.807, 2.05) is 39.4 Å². The van der Waals surface area contributed by atoms with Gasteiger partial charge in [-0.25, -0.2) is 0 Å². The second-order valence-corrected chi connectivity index (χ2v) is 8.83. The van der Waals surface area contributed by atoms with Crippen molar-refractivity contribution in [3.63, 3.8) is 0 Å². The van der Waals surface area contributed by atoms with Crippen molar-refractivity contribution < 1.29 is 28.7 Å². The summed E-state index contributed by atoms with van der Waals surface area (Å²) in [6.45, 7) is 2.55. The minimum Gasteiger partial charge on any atom is -0.550 e. The average Bonchev–Trinajstić information content (AvgIpc) is 2.65. The maximum absolute atomic E-state index is 12.0. The largest absolute Gasteiger partial charge is 0.550 e. The minimum absolute atomic E-state index is 0.0179. The molecule has 0 saturated carbocycles. The fourth-order valence-corrected chi connectivity index (χ4v) is 2.94. The minimum atomic E-state index is -1.25. The molecule has 6 nitrogen and oxygen atoms in total. The fraction of sp³-hybridized carbons (Fsp3) is 0.640. The van der Waals surface area contributed by atoms with Crippen LogP contribution >= 0.6 is 0 Å². The number of likely N-dealkylation sites (N-methyl/N-ethyl adjacent to an activating group) is 1. The Bertz CT molecular complexity index is 614. The molecule has 0 N–H and O–H groups in total. The quantitative estimate of drug-likeness (QED) is 0.142. The zero-order chi connectivity index (χ0) is 23.5. The number of rotatable bonds is 18. The van der Waals surface area contributed by atoms with Crippen LogP contribution in [0.5, 0.6) is 0 Å². The summed E-state index contributed by atoms with van der Waals surface area (Å²) < 4.78 is 5.72. The molecule has 0 aliphatic carbocycles. The molecular formula is C25H41NO5. The molecular weight excluding hydrogens is 394 g/mol. The second kappa shape index (κ2) is 17.5. The normalized spacial score (nSPS) is 13.3. The molecule has 6 heteroatoms. The number of carbonyl (C=O) groups is 3. The Kier molecular flexibility index (Phi) is 16.2. The molecule has 0 aliphatic rings. The SMILES string of the molecule is CCCCC=CC=CC=CCCCCC(=O)CCC(=O)OC(CC(=O)[O-])C[N+](C)(C)C. The first-order valence-corrected chi connectivity index (χ1v) is 11.3. The van der Waals surface area contributed by atoms with Crippen molar-refractivity contribution >= 4 is 17.7 Å². The monoisotopic (exact) mass is 435 g/mol. The van der Waals surface area contributed by atoms with Crippen LogP contribution in [0, 0.1) is 0 Å². The Morgan fingerprint density at radius 1 is 0.871 bits per heavy atom. The third kappa shape index (κ3) is 20.8. The molecule has 0 aromatic heterocycles. The maximum atomic E-state index is 12.0. The summed E-state index contributed by atoms with van der Waals surface area (Å²) >= 11 is 0. The molecule has 31 heavy (non-hydrogen) atoms. The average molecular weight is 436 g/mol. The molecule has 0 heterocycles. The Morgan fingerprint density at radius 2 is 1.48 bits per heavy atom. The van der Waals surface area contributed by atoms with E-state index in [4.69, 9.17) is 4.74 Å². The van der Waals surface area contributed by atoms with Gasteiger partial charge in [-0.05, 0) is 25.7 Å². The van der Waals surface area contributed by atoms with E-state index in [0.717, 1.165) is 25.7 Å². The number of nitrogens with zero attached hydrogens (tertiary/aromatic N) is 1. The van der Waals surface area contributed by atoms with Crippen molar-refractivity contribution in [1.29, 1.82) is 0 Å². The number of allylic oxidation sites excluding steroid dienone is 6. The van der Waals surface area contributed by atoms with Crippen molar-refractivity contribution in [1.82, 2.24) is 0 Å². The van der Waals surface area contributed by atoms with Gasteiger partial charge < -0.3 is 19.1 Å². The smallest absolute Gasteiger partial charge is 0.306 e. The zero-order valence-corrected chi connectivity index (χ0v) is 19.8. The van der Waals surface area contributed by atoms with Crippen molar-refractivity contribution in [3.05, 3.63) is 36.5 Å². The van der Waals surface area contributed by atoms with Crippen LogP contribution in [0.1, 0.15) is 71.1 Å². The summed E-state index contributed by atoms with van der Waals surface area (Å²) in [4.78, 5) is 34.8. The van der Waals surface area contributed by atoms with Gasteiger partial charge in [0.1, 0.15) is 12.3 Å². The van der Waals surface area contributed by atoms with E-state index < -0.39 is 18.0 Å². The number of esters is 1. The number of hydrogen-bond donors (Lipinski definition) is 0. The van der Waals surface area contributed by atoms with Crippen LogP contribution in [0.15, 0.2) is 36.5 Å². The van der Waals surface area contributed by atoms with Crippen LogP contribution in [0.2, 0.25) is 0 Å². The highest BCUT2D eigenvalue weighted by Gasteiger charge is 2.22. The third-order valence-corrected chi connectivity index (χ3v) is 4.46. The number of quaternary nitrogens is 1. The van der Waals surface area contributed by atoms with Crippen LogP contribution in [0.3, 0.4) is 0 Å². The second-order valence-electron chi connectivity index (χ2n) is 8.83. The van der Waals surface area contributed by atoms with E-state index in [1.165, 1.54) is 12.8 Å². The summed E-state index contributed by atoms with van der Waals surface area (Å²) in [5, 5.41) is 10.9. The number of carbonyl (C=O) groups excluding carboxylic acids is 3. The maximum Gasteiger partial charge on any atom is 0.306 e. The Balaban J connectivity index is 3.98. The Labute approximate surface area is 188 Å². The van der Waals surface area contributed by atoms with E-state index in [1.54, 1.807) is 0 Å². The molecule has 0 aromatic carbocycles. The predicted octanol–water partition coefficient (Wildman–Crippen LogP) is 3.51. The molecule has 0 spiro atoms. The summed E-state index contributed by atoms with van der Waals surface area (Å²) in [6.07, 6.45) is 18.0. The van der Waals surface area contributed by atoms with Gasteiger partial charge in [0.25, 0.3) is 0 Å². The molecule has 0 bridgehead atoms. The van der Waals surface area contributed by atoms with Crippen molar-refractivity contribution in [2.24, 2.45) is 0 Å². The molecule has 0 aliphatic heterocycles. The molecule has 0 radical (unpaired) electrons. The van der Waals surface area contributed by atoms with Crippen molar-refractivity contribution in [3.8, 4) is 0 Å². The number of carboxylic acid groups (broad SMARTS) is 1. The van der Waals surface area contributed by atoms with Gasteiger partial charge in [-0.2, -0.15) is 0 Å². The lowest BCUT2D eigenvalue weighted by molar-refractivity contribution is -0.873. The van der Waals surface area contributed by atoms with Crippen LogP contribution in [-0.2, 0) is 19.1 Å². The molecule has 0 amide bonds.